The second kappa shape index (κ2) is 8.07. The minimum atomic E-state index is -0.0526. The highest BCUT2D eigenvalue weighted by Gasteiger charge is 2.13. The van der Waals surface area contributed by atoms with Crippen LogP contribution in [0.1, 0.15) is 30.8 Å². The fourth-order valence-corrected chi connectivity index (χ4v) is 2.69. The van der Waals surface area contributed by atoms with E-state index >= 15 is 0 Å². The molecule has 3 aromatic rings. The Labute approximate surface area is 154 Å². The van der Waals surface area contributed by atoms with Crippen LogP contribution in [0.25, 0.3) is 11.4 Å². The van der Waals surface area contributed by atoms with E-state index in [9.17, 15) is 4.79 Å². The van der Waals surface area contributed by atoms with E-state index < -0.39 is 0 Å². The zero-order valence-electron chi connectivity index (χ0n) is 13.8. The number of hydrogen-bond acceptors (Lipinski definition) is 4. The topological polar surface area (TPSA) is 68.0 Å². The molecular formula is C19H18BrN3O2. The van der Waals surface area contributed by atoms with Gasteiger partial charge in [0, 0.05) is 22.9 Å². The molecule has 0 unspecified atom stereocenters. The highest BCUT2D eigenvalue weighted by atomic mass is 79.9. The molecular weight excluding hydrogens is 382 g/mol. The third-order valence-electron chi connectivity index (χ3n) is 3.81. The van der Waals surface area contributed by atoms with Gasteiger partial charge in [-0.15, -0.1) is 0 Å². The number of rotatable bonds is 6. The van der Waals surface area contributed by atoms with Gasteiger partial charge in [-0.2, -0.15) is 4.98 Å². The Balaban J connectivity index is 1.52. The second-order valence-corrected chi connectivity index (χ2v) is 6.63. The van der Waals surface area contributed by atoms with Gasteiger partial charge in [-0.25, -0.2) is 0 Å². The van der Waals surface area contributed by atoms with Gasteiger partial charge in [0.05, 0.1) is 6.04 Å². The van der Waals surface area contributed by atoms with E-state index in [1.54, 1.807) is 0 Å². The van der Waals surface area contributed by atoms with Gasteiger partial charge < -0.3 is 9.84 Å². The predicted molar refractivity (Wildman–Crippen MR) is 98.8 cm³/mol. The average molecular weight is 400 g/mol. The SMILES string of the molecule is C[C@H](NC(=O)CCc1nc(-c2ccccc2)no1)c1ccc(Br)cc1. The van der Waals surface area contributed by atoms with Crippen LogP contribution in [0.4, 0.5) is 0 Å². The van der Waals surface area contributed by atoms with Crippen LogP contribution >= 0.6 is 15.9 Å². The standard InChI is InChI=1S/C19H18BrN3O2/c1-13(14-7-9-16(20)10-8-14)21-17(24)11-12-18-22-19(23-25-18)15-5-3-2-4-6-15/h2-10,13H,11-12H2,1H3,(H,21,24)/t13-/m0/s1. The Morgan fingerprint density at radius 3 is 2.60 bits per heavy atom. The summed E-state index contributed by atoms with van der Waals surface area (Å²) in [6.07, 6.45) is 0.718. The highest BCUT2D eigenvalue weighted by molar-refractivity contribution is 9.10. The number of carbonyl (C=O) groups excluding carboxylic acids is 1. The Kier molecular flexibility index (Phi) is 5.60. The largest absolute Gasteiger partial charge is 0.350 e. The zero-order valence-corrected chi connectivity index (χ0v) is 15.4. The Morgan fingerprint density at radius 2 is 1.88 bits per heavy atom. The van der Waals surface area contributed by atoms with Crippen LogP contribution in [0.15, 0.2) is 63.6 Å². The average Bonchev–Trinajstić information content (AvgIpc) is 3.10. The van der Waals surface area contributed by atoms with Gasteiger partial charge in [-0.05, 0) is 24.6 Å². The Bertz CT molecular complexity index is 831. The molecule has 1 aromatic heterocycles. The fraction of sp³-hybridized carbons (Fsp3) is 0.211. The summed E-state index contributed by atoms with van der Waals surface area (Å²) in [6.45, 7) is 1.96. The van der Waals surface area contributed by atoms with E-state index in [0.717, 1.165) is 15.6 Å². The smallest absolute Gasteiger partial charge is 0.227 e. The molecule has 0 fully saturated rings. The molecule has 128 valence electrons. The van der Waals surface area contributed by atoms with Crippen LogP contribution in [0.3, 0.4) is 0 Å². The second-order valence-electron chi connectivity index (χ2n) is 5.72. The molecule has 0 spiro atoms. The molecule has 3 rings (SSSR count). The molecule has 1 heterocycles. The van der Waals surface area contributed by atoms with Crippen LogP contribution < -0.4 is 5.32 Å². The lowest BCUT2D eigenvalue weighted by Gasteiger charge is -2.14. The van der Waals surface area contributed by atoms with Crippen molar-refractivity contribution in [1.82, 2.24) is 15.5 Å². The first-order chi connectivity index (χ1) is 12.1. The monoisotopic (exact) mass is 399 g/mol. The lowest BCUT2D eigenvalue weighted by atomic mass is 10.1. The summed E-state index contributed by atoms with van der Waals surface area (Å²) < 4.78 is 6.24. The fourth-order valence-electron chi connectivity index (χ4n) is 2.43. The normalized spacial score (nSPS) is 11.9. The Hall–Kier alpha value is -2.47. The van der Waals surface area contributed by atoms with Crippen molar-refractivity contribution in [2.45, 2.75) is 25.8 Å². The van der Waals surface area contributed by atoms with Gasteiger partial charge in [0.15, 0.2) is 0 Å². The minimum Gasteiger partial charge on any atom is -0.350 e. The van der Waals surface area contributed by atoms with E-state index in [1.165, 1.54) is 0 Å². The molecule has 0 bridgehead atoms. The lowest BCUT2D eigenvalue weighted by Crippen LogP contribution is -2.26. The molecule has 5 nitrogen and oxygen atoms in total. The van der Waals surface area contributed by atoms with Gasteiger partial charge in [-0.1, -0.05) is 63.6 Å². The van der Waals surface area contributed by atoms with Crippen LogP contribution in [0.2, 0.25) is 0 Å². The number of benzene rings is 2. The van der Waals surface area contributed by atoms with Crippen molar-refractivity contribution < 1.29 is 9.32 Å². The third kappa shape index (κ3) is 4.76. The molecule has 0 aliphatic carbocycles. The van der Waals surface area contributed by atoms with E-state index in [1.807, 2.05) is 61.5 Å². The molecule has 25 heavy (non-hydrogen) atoms. The number of hydrogen-bond donors (Lipinski definition) is 1. The van der Waals surface area contributed by atoms with Gasteiger partial charge in [0.25, 0.3) is 0 Å². The Morgan fingerprint density at radius 1 is 1.16 bits per heavy atom. The van der Waals surface area contributed by atoms with Crippen molar-refractivity contribution >= 4 is 21.8 Å². The first kappa shape index (κ1) is 17.4. The quantitative estimate of drug-likeness (QED) is 0.670. The molecule has 0 aliphatic rings. The molecule has 1 N–H and O–H groups in total. The van der Waals surface area contributed by atoms with Crippen molar-refractivity contribution in [1.29, 1.82) is 0 Å². The van der Waals surface area contributed by atoms with E-state index in [4.69, 9.17) is 4.52 Å². The number of aromatic nitrogens is 2. The minimum absolute atomic E-state index is 0.0464. The van der Waals surface area contributed by atoms with Crippen LogP contribution in [-0.4, -0.2) is 16.0 Å². The van der Waals surface area contributed by atoms with Gasteiger partial charge in [0.2, 0.25) is 17.6 Å². The van der Waals surface area contributed by atoms with Gasteiger partial charge in [0.1, 0.15) is 0 Å². The zero-order chi connectivity index (χ0) is 17.6. The summed E-state index contributed by atoms with van der Waals surface area (Å²) in [7, 11) is 0. The van der Waals surface area contributed by atoms with E-state index in [0.29, 0.717) is 24.6 Å². The summed E-state index contributed by atoms with van der Waals surface area (Å²) in [5, 5.41) is 6.94. The first-order valence-electron chi connectivity index (χ1n) is 8.04. The maximum absolute atomic E-state index is 12.1. The van der Waals surface area contributed by atoms with Crippen molar-refractivity contribution in [2.24, 2.45) is 0 Å². The molecule has 6 heteroatoms. The van der Waals surface area contributed by atoms with Crippen LogP contribution in [0, 0.1) is 0 Å². The van der Waals surface area contributed by atoms with Crippen LogP contribution in [-0.2, 0) is 11.2 Å². The molecule has 0 radical (unpaired) electrons. The summed E-state index contributed by atoms with van der Waals surface area (Å²) in [5.41, 5.74) is 1.95. The number of nitrogens with zero attached hydrogens (tertiary/aromatic N) is 2. The summed E-state index contributed by atoms with van der Waals surface area (Å²) >= 11 is 3.40. The first-order valence-corrected chi connectivity index (χ1v) is 8.84. The van der Waals surface area contributed by atoms with Gasteiger partial charge >= 0.3 is 0 Å². The third-order valence-corrected chi connectivity index (χ3v) is 4.34. The molecule has 2 aromatic carbocycles. The highest BCUT2D eigenvalue weighted by Crippen LogP contribution is 2.17. The van der Waals surface area contributed by atoms with Crippen molar-refractivity contribution in [2.75, 3.05) is 0 Å². The van der Waals surface area contributed by atoms with Crippen molar-refractivity contribution in [3.8, 4) is 11.4 Å². The number of carbonyl (C=O) groups is 1. The number of nitrogens with one attached hydrogen (secondary N) is 1. The van der Waals surface area contributed by atoms with Crippen molar-refractivity contribution in [3.63, 3.8) is 0 Å². The van der Waals surface area contributed by atoms with E-state index in [2.05, 4.69) is 31.4 Å². The number of aryl methyl sites for hydroxylation is 1. The van der Waals surface area contributed by atoms with E-state index in [-0.39, 0.29) is 11.9 Å². The molecule has 1 atom stereocenters. The van der Waals surface area contributed by atoms with Gasteiger partial charge in [-0.3, -0.25) is 4.79 Å². The predicted octanol–water partition coefficient (Wildman–Crippen LogP) is 4.31. The lowest BCUT2D eigenvalue weighted by molar-refractivity contribution is -0.121. The number of halogens is 1. The summed E-state index contributed by atoms with van der Waals surface area (Å²) in [4.78, 5) is 16.5. The van der Waals surface area contributed by atoms with Crippen LogP contribution in [0.5, 0.6) is 0 Å². The maximum Gasteiger partial charge on any atom is 0.227 e. The van der Waals surface area contributed by atoms with Crippen molar-refractivity contribution in [3.05, 3.63) is 70.5 Å². The molecule has 0 saturated carbocycles. The summed E-state index contributed by atoms with van der Waals surface area (Å²) in [5.74, 6) is 0.958. The molecule has 0 aliphatic heterocycles. The summed E-state index contributed by atoms with van der Waals surface area (Å²) in [6, 6.07) is 17.4. The maximum atomic E-state index is 12.1. The molecule has 0 saturated heterocycles. The number of amides is 1. The molecule has 1 amide bonds.